The van der Waals surface area contributed by atoms with Crippen molar-refractivity contribution in [2.24, 2.45) is 0 Å². The first-order chi connectivity index (χ1) is 12.6. The number of anilines is 1. The fourth-order valence-corrected chi connectivity index (χ4v) is 3.50. The third kappa shape index (κ3) is 3.15. The summed E-state index contributed by atoms with van der Waals surface area (Å²) in [4.78, 5) is 28.7. The molecule has 1 amide bonds. The number of amides is 1. The molecule has 26 heavy (non-hydrogen) atoms. The van der Waals surface area contributed by atoms with E-state index in [1.165, 1.54) is 4.90 Å². The number of carbonyl (C=O) groups is 2. The number of carbonyl (C=O) groups excluding carboxylic acids is 2. The fourth-order valence-electron chi connectivity index (χ4n) is 2.88. The quantitative estimate of drug-likeness (QED) is 0.563. The van der Waals surface area contributed by atoms with Crippen LogP contribution in [-0.4, -0.2) is 38.8 Å². The molecule has 0 spiro atoms. The molecule has 1 aliphatic heterocycles. The molecule has 0 radical (unpaired) electrons. The fraction of sp³-hybridized carbons (Fsp3) is 0.222. The highest BCUT2D eigenvalue weighted by molar-refractivity contribution is 7.98. The highest BCUT2D eigenvalue weighted by Gasteiger charge is 2.30. The summed E-state index contributed by atoms with van der Waals surface area (Å²) in [6.07, 6.45) is 3.79. The minimum Gasteiger partial charge on any atom is -0.452 e. The van der Waals surface area contributed by atoms with Crippen molar-refractivity contribution in [1.82, 2.24) is 14.6 Å². The number of fused-ring (bicyclic) bond motifs is 1. The number of hydrogen-bond donors (Lipinski definition) is 1. The summed E-state index contributed by atoms with van der Waals surface area (Å²) in [7, 11) is 0. The van der Waals surface area contributed by atoms with Crippen LogP contribution in [-0.2, 0) is 14.3 Å². The third-order valence-corrected chi connectivity index (χ3v) is 4.96. The van der Waals surface area contributed by atoms with E-state index in [4.69, 9.17) is 4.74 Å². The molecule has 3 heterocycles. The maximum absolute atomic E-state index is 12.1. The van der Waals surface area contributed by atoms with Gasteiger partial charge in [0.1, 0.15) is 0 Å². The minimum atomic E-state index is -0.766. The third-order valence-electron chi connectivity index (χ3n) is 4.16. The Bertz CT molecular complexity index is 1000. The van der Waals surface area contributed by atoms with Crippen molar-refractivity contribution in [3.63, 3.8) is 0 Å². The summed E-state index contributed by atoms with van der Waals surface area (Å²) in [5, 5.41) is 6.92. The Labute approximate surface area is 153 Å². The zero-order valence-electron chi connectivity index (χ0n) is 14.0. The second kappa shape index (κ2) is 6.80. The molecule has 4 rings (SSSR count). The first-order valence-electron chi connectivity index (χ1n) is 8.14. The van der Waals surface area contributed by atoms with Gasteiger partial charge in [-0.25, -0.2) is 4.52 Å². The normalized spacial score (nSPS) is 16.7. The van der Waals surface area contributed by atoms with Gasteiger partial charge in [0.05, 0.1) is 0 Å². The largest absolute Gasteiger partial charge is 0.452 e. The van der Waals surface area contributed by atoms with Gasteiger partial charge in [-0.1, -0.05) is 18.2 Å². The van der Waals surface area contributed by atoms with Crippen LogP contribution in [0.1, 0.15) is 12.8 Å². The number of nitrogens with zero attached hydrogens (tertiary/aromatic N) is 3. The molecule has 1 atom stereocenters. The van der Waals surface area contributed by atoms with E-state index in [2.05, 4.69) is 27.5 Å². The lowest BCUT2D eigenvalue weighted by Crippen LogP contribution is -2.27. The molecule has 0 aliphatic carbocycles. The number of thioether (sulfide) groups is 1. The van der Waals surface area contributed by atoms with Crippen LogP contribution in [0.5, 0.6) is 0 Å². The van der Waals surface area contributed by atoms with Gasteiger partial charge in [-0.15, -0.1) is 16.9 Å². The predicted octanol–water partition coefficient (Wildman–Crippen LogP) is 2.76. The number of aromatic nitrogens is 3. The molecule has 0 saturated carbocycles. The van der Waals surface area contributed by atoms with Crippen LogP contribution in [0.25, 0.3) is 16.8 Å². The highest BCUT2D eigenvalue weighted by atomic mass is 32.2. The summed E-state index contributed by atoms with van der Waals surface area (Å²) in [6.45, 7) is 0. The number of esters is 1. The molecular formula is C18H16N4O3S. The maximum atomic E-state index is 12.1. The van der Waals surface area contributed by atoms with Crippen molar-refractivity contribution in [2.75, 3.05) is 11.6 Å². The molecule has 2 aromatic heterocycles. The van der Waals surface area contributed by atoms with Crippen LogP contribution >= 0.6 is 11.8 Å². The number of benzene rings is 1. The number of hydrogen-bond acceptors (Lipinski definition) is 6. The Morgan fingerprint density at radius 3 is 2.92 bits per heavy atom. The lowest BCUT2D eigenvalue weighted by molar-refractivity contribution is -0.146. The molecule has 132 valence electrons. The highest BCUT2D eigenvalue weighted by Crippen LogP contribution is 2.30. The van der Waals surface area contributed by atoms with Gasteiger partial charge in [-0.05, 0) is 30.0 Å². The standard InChI is InChI=1S/C18H16N4O3S/c1-26-14-5-3-2-4-12(14)11-6-8-15-19-18(21-22(15)10-11)20-17(24)13-7-9-16(23)25-13/h2-6,8,10,13H,7,9H2,1H3,(H,20,21,24)/t13-/m1/s1. The second-order valence-electron chi connectivity index (χ2n) is 5.86. The Morgan fingerprint density at radius 1 is 1.31 bits per heavy atom. The SMILES string of the molecule is CSc1ccccc1-c1ccc2nc(NC(=O)[C@H]3CCC(=O)O3)nn2c1. The Morgan fingerprint density at radius 2 is 2.15 bits per heavy atom. The van der Waals surface area contributed by atoms with Crippen LogP contribution in [0.15, 0.2) is 47.5 Å². The summed E-state index contributed by atoms with van der Waals surface area (Å²) in [6, 6.07) is 12.0. The van der Waals surface area contributed by atoms with E-state index in [-0.39, 0.29) is 18.3 Å². The molecular weight excluding hydrogens is 352 g/mol. The monoisotopic (exact) mass is 368 g/mol. The van der Waals surface area contributed by atoms with Crippen molar-refractivity contribution < 1.29 is 14.3 Å². The average Bonchev–Trinajstić information content (AvgIpc) is 3.26. The smallest absolute Gasteiger partial charge is 0.306 e. The van der Waals surface area contributed by atoms with Crippen molar-refractivity contribution in [1.29, 1.82) is 0 Å². The van der Waals surface area contributed by atoms with Crippen molar-refractivity contribution in [2.45, 2.75) is 23.8 Å². The molecule has 1 N–H and O–H groups in total. The maximum Gasteiger partial charge on any atom is 0.306 e. The second-order valence-corrected chi connectivity index (χ2v) is 6.71. The van der Waals surface area contributed by atoms with Gasteiger partial charge in [-0.3, -0.25) is 14.9 Å². The van der Waals surface area contributed by atoms with Crippen LogP contribution in [0, 0.1) is 0 Å². The lowest BCUT2D eigenvalue weighted by atomic mass is 10.1. The predicted molar refractivity (Wildman–Crippen MR) is 97.9 cm³/mol. The molecule has 1 saturated heterocycles. The van der Waals surface area contributed by atoms with E-state index < -0.39 is 12.0 Å². The van der Waals surface area contributed by atoms with Crippen LogP contribution in [0.2, 0.25) is 0 Å². The van der Waals surface area contributed by atoms with Crippen LogP contribution in [0.4, 0.5) is 5.95 Å². The molecule has 1 aliphatic rings. The van der Waals surface area contributed by atoms with Crippen molar-refractivity contribution in [3.8, 4) is 11.1 Å². The zero-order chi connectivity index (χ0) is 18.1. The average molecular weight is 368 g/mol. The first-order valence-corrected chi connectivity index (χ1v) is 9.37. The number of cyclic esters (lactones) is 1. The Hall–Kier alpha value is -2.87. The summed E-state index contributed by atoms with van der Waals surface area (Å²) in [5.41, 5.74) is 2.74. The summed E-state index contributed by atoms with van der Waals surface area (Å²) in [5.74, 6) is -0.571. The summed E-state index contributed by atoms with van der Waals surface area (Å²) < 4.78 is 6.58. The molecule has 0 bridgehead atoms. The van der Waals surface area contributed by atoms with Gasteiger partial charge in [0.2, 0.25) is 5.95 Å². The minimum absolute atomic E-state index is 0.188. The van der Waals surface area contributed by atoms with Gasteiger partial charge in [0.25, 0.3) is 5.91 Å². The molecule has 1 fully saturated rings. The topological polar surface area (TPSA) is 85.6 Å². The van der Waals surface area contributed by atoms with Gasteiger partial charge in [-0.2, -0.15) is 4.98 Å². The van der Waals surface area contributed by atoms with Crippen molar-refractivity contribution in [3.05, 3.63) is 42.6 Å². The van der Waals surface area contributed by atoms with E-state index in [0.717, 1.165) is 11.1 Å². The van der Waals surface area contributed by atoms with Gasteiger partial charge >= 0.3 is 5.97 Å². The number of nitrogens with one attached hydrogen (secondary N) is 1. The first kappa shape index (κ1) is 16.6. The van der Waals surface area contributed by atoms with E-state index in [9.17, 15) is 9.59 Å². The molecule has 0 unspecified atom stereocenters. The Balaban J connectivity index is 1.60. The number of rotatable bonds is 4. The van der Waals surface area contributed by atoms with E-state index in [0.29, 0.717) is 12.1 Å². The van der Waals surface area contributed by atoms with E-state index >= 15 is 0 Å². The van der Waals surface area contributed by atoms with E-state index in [1.54, 1.807) is 16.3 Å². The molecule has 1 aromatic carbocycles. The lowest BCUT2D eigenvalue weighted by Gasteiger charge is -2.07. The number of ether oxygens (including phenoxy) is 1. The molecule has 3 aromatic rings. The van der Waals surface area contributed by atoms with Crippen LogP contribution < -0.4 is 5.32 Å². The summed E-state index contributed by atoms with van der Waals surface area (Å²) >= 11 is 1.68. The zero-order valence-corrected chi connectivity index (χ0v) is 14.8. The van der Waals surface area contributed by atoms with Gasteiger partial charge in [0, 0.05) is 29.5 Å². The number of pyridine rings is 1. The molecule has 7 nitrogen and oxygen atoms in total. The van der Waals surface area contributed by atoms with Crippen LogP contribution in [0.3, 0.4) is 0 Å². The van der Waals surface area contributed by atoms with Crippen molar-refractivity contribution >= 4 is 35.2 Å². The van der Waals surface area contributed by atoms with Gasteiger partial charge in [0.15, 0.2) is 11.8 Å². The molecule has 8 heteroatoms. The van der Waals surface area contributed by atoms with E-state index in [1.807, 2.05) is 36.7 Å². The Kier molecular flexibility index (Phi) is 4.34. The van der Waals surface area contributed by atoms with Gasteiger partial charge < -0.3 is 4.74 Å².